The zero-order chi connectivity index (χ0) is 20.5. The van der Waals surface area contributed by atoms with Gasteiger partial charge in [-0.25, -0.2) is 0 Å². The van der Waals surface area contributed by atoms with Crippen molar-refractivity contribution in [2.24, 2.45) is 5.41 Å². The fraction of sp³-hybridized carbons (Fsp3) is 0.720. The third kappa shape index (κ3) is 9.98. The largest absolute Gasteiger partial charge is 0.462 e. The molecule has 0 bridgehead atoms. The Morgan fingerprint density at radius 2 is 1.48 bits per heavy atom. The number of ether oxygens (including phenoxy) is 1. The van der Waals surface area contributed by atoms with Gasteiger partial charge in [0.1, 0.15) is 5.60 Å². The molecule has 0 spiro atoms. The molecule has 0 radical (unpaired) electrons. The zero-order valence-corrected chi connectivity index (χ0v) is 18.9. The Bertz CT molecular complexity index is 579. The predicted molar refractivity (Wildman–Crippen MR) is 116 cm³/mol. The van der Waals surface area contributed by atoms with E-state index in [1.54, 1.807) is 0 Å². The van der Waals surface area contributed by atoms with Gasteiger partial charge in [-0.05, 0) is 100 Å². The van der Waals surface area contributed by atoms with Crippen molar-refractivity contribution in [2.45, 2.75) is 112 Å². The number of unbranched alkanes of at least 4 members (excludes halogenated alkanes) is 3. The number of carbonyl (C=O) groups is 1. The lowest BCUT2D eigenvalue weighted by atomic mass is 9.89. The van der Waals surface area contributed by atoms with Gasteiger partial charge in [-0.15, -0.1) is 0 Å². The van der Waals surface area contributed by atoms with Gasteiger partial charge in [-0.3, -0.25) is 4.79 Å². The lowest BCUT2D eigenvalue weighted by Gasteiger charge is -2.22. The van der Waals surface area contributed by atoms with Gasteiger partial charge in [0.25, 0.3) is 6.47 Å². The SMILES string of the molecule is Cc1cc(CCCCCC(C)(C)C)cc(CCCCC(C)(C)OC=O)c1C. The quantitative estimate of drug-likeness (QED) is 0.288. The Kier molecular flexibility index (Phi) is 9.56. The van der Waals surface area contributed by atoms with E-state index in [4.69, 9.17) is 4.74 Å². The number of hydrogen-bond donors (Lipinski definition) is 0. The summed E-state index contributed by atoms with van der Waals surface area (Å²) < 4.78 is 5.15. The van der Waals surface area contributed by atoms with Crippen molar-refractivity contribution < 1.29 is 9.53 Å². The summed E-state index contributed by atoms with van der Waals surface area (Å²) in [7, 11) is 0. The van der Waals surface area contributed by atoms with E-state index in [0.29, 0.717) is 11.9 Å². The van der Waals surface area contributed by atoms with Crippen LogP contribution in [0.25, 0.3) is 0 Å². The fourth-order valence-corrected chi connectivity index (χ4v) is 3.63. The highest BCUT2D eigenvalue weighted by Gasteiger charge is 2.17. The second kappa shape index (κ2) is 10.9. The molecule has 2 nitrogen and oxygen atoms in total. The molecule has 0 heterocycles. The molecule has 0 amide bonds. The van der Waals surface area contributed by atoms with Gasteiger partial charge in [0.2, 0.25) is 0 Å². The van der Waals surface area contributed by atoms with Crippen molar-refractivity contribution in [3.05, 3.63) is 34.4 Å². The first-order valence-electron chi connectivity index (χ1n) is 10.7. The van der Waals surface area contributed by atoms with Gasteiger partial charge in [0.05, 0.1) is 0 Å². The number of aryl methyl sites for hydroxylation is 3. The highest BCUT2D eigenvalue weighted by atomic mass is 16.5. The first-order valence-corrected chi connectivity index (χ1v) is 10.7. The van der Waals surface area contributed by atoms with Crippen LogP contribution in [0.2, 0.25) is 0 Å². The van der Waals surface area contributed by atoms with E-state index in [1.807, 2.05) is 13.8 Å². The van der Waals surface area contributed by atoms with Gasteiger partial charge in [-0.1, -0.05) is 45.7 Å². The molecular formula is C25H42O2. The second-order valence-corrected chi connectivity index (χ2v) is 10.00. The maximum absolute atomic E-state index is 10.5. The molecule has 0 unspecified atom stereocenters. The number of hydrogen-bond acceptors (Lipinski definition) is 2. The van der Waals surface area contributed by atoms with E-state index in [-0.39, 0.29) is 5.60 Å². The molecule has 0 aliphatic carbocycles. The molecule has 0 atom stereocenters. The Morgan fingerprint density at radius 1 is 0.852 bits per heavy atom. The molecule has 154 valence electrons. The lowest BCUT2D eigenvalue weighted by molar-refractivity contribution is -0.140. The van der Waals surface area contributed by atoms with Crippen LogP contribution in [0.1, 0.15) is 102 Å². The highest BCUT2D eigenvalue weighted by molar-refractivity contribution is 5.38. The summed E-state index contributed by atoms with van der Waals surface area (Å²) in [5.74, 6) is 0. The van der Waals surface area contributed by atoms with Crippen molar-refractivity contribution in [1.82, 2.24) is 0 Å². The van der Waals surface area contributed by atoms with Crippen LogP contribution in [0.15, 0.2) is 12.1 Å². The molecule has 27 heavy (non-hydrogen) atoms. The summed E-state index contributed by atoms with van der Waals surface area (Å²) in [4.78, 5) is 10.5. The van der Waals surface area contributed by atoms with Crippen molar-refractivity contribution >= 4 is 6.47 Å². The normalized spacial score (nSPS) is 12.3. The van der Waals surface area contributed by atoms with Gasteiger partial charge < -0.3 is 4.74 Å². The van der Waals surface area contributed by atoms with Gasteiger partial charge in [0, 0.05) is 0 Å². The molecule has 0 fully saturated rings. The molecule has 0 aromatic heterocycles. The van der Waals surface area contributed by atoms with E-state index in [2.05, 4.69) is 46.8 Å². The van der Waals surface area contributed by atoms with E-state index in [0.717, 1.165) is 25.7 Å². The molecule has 2 heteroatoms. The van der Waals surface area contributed by atoms with Gasteiger partial charge in [0.15, 0.2) is 0 Å². The summed E-state index contributed by atoms with van der Waals surface area (Å²) in [6, 6.07) is 4.81. The molecule has 0 aliphatic rings. The van der Waals surface area contributed by atoms with Gasteiger partial charge in [-0.2, -0.15) is 0 Å². The first-order chi connectivity index (χ1) is 12.5. The maximum atomic E-state index is 10.5. The molecule has 0 saturated carbocycles. The van der Waals surface area contributed by atoms with E-state index >= 15 is 0 Å². The number of carbonyl (C=O) groups excluding carboxylic acids is 1. The lowest BCUT2D eigenvalue weighted by Crippen LogP contribution is -2.23. The molecule has 1 rings (SSSR count). The Morgan fingerprint density at radius 3 is 2.11 bits per heavy atom. The summed E-state index contributed by atoms with van der Waals surface area (Å²) >= 11 is 0. The summed E-state index contributed by atoms with van der Waals surface area (Å²) in [5, 5.41) is 0. The highest BCUT2D eigenvalue weighted by Crippen LogP contribution is 2.24. The minimum atomic E-state index is -0.346. The first kappa shape index (κ1) is 23.7. The Balaban J connectivity index is 2.50. The molecule has 0 aliphatic heterocycles. The van der Waals surface area contributed by atoms with E-state index in [1.165, 1.54) is 54.4 Å². The standard InChI is InChI=1S/C25H42O2/c1-20-17-22(13-9-8-11-15-24(3,4)5)18-23(21(20)2)14-10-12-16-25(6,7)27-19-26/h17-19H,8-16H2,1-7H3. The predicted octanol–water partition coefficient (Wildman–Crippen LogP) is 7.12. The van der Waals surface area contributed by atoms with E-state index < -0.39 is 0 Å². The molecule has 1 aromatic carbocycles. The van der Waals surface area contributed by atoms with Crippen LogP contribution in [0.5, 0.6) is 0 Å². The number of rotatable bonds is 12. The number of benzene rings is 1. The molecule has 0 N–H and O–H groups in total. The minimum absolute atomic E-state index is 0.346. The average Bonchev–Trinajstić information content (AvgIpc) is 2.54. The maximum Gasteiger partial charge on any atom is 0.293 e. The summed E-state index contributed by atoms with van der Waals surface area (Å²) in [6.45, 7) is 16.0. The average molecular weight is 375 g/mol. The van der Waals surface area contributed by atoms with Gasteiger partial charge >= 0.3 is 0 Å². The monoisotopic (exact) mass is 374 g/mol. The Labute approximate surface area is 168 Å². The van der Waals surface area contributed by atoms with E-state index in [9.17, 15) is 4.79 Å². The fourth-order valence-electron chi connectivity index (χ4n) is 3.63. The zero-order valence-electron chi connectivity index (χ0n) is 18.9. The molecule has 1 aromatic rings. The van der Waals surface area contributed by atoms with Crippen molar-refractivity contribution in [3.63, 3.8) is 0 Å². The minimum Gasteiger partial charge on any atom is -0.462 e. The van der Waals surface area contributed by atoms with Crippen molar-refractivity contribution in [3.8, 4) is 0 Å². The summed E-state index contributed by atoms with van der Waals surface area (Å²) in [5.41, 5.74) is 5.96. The van der Waals surface area contributed by atoms with Crippen LogP contribution in [-0.4, -0.2) is 12.1 Å². The van der Waals surface area contributed by atoms with Crippen LogP contribution < -0.4 is 0 Å². The Hall–Kier alpha value is -1.31. The van der Waals surface area contributed by atoms with Crippen LogP contribution >= 0.6 is 0 Å². The summed E-state index contributed by atoms with van der Waals surface area (Å²) in [6.07, 6.45) is 10.7. The van der Waals surface area contributed by atoms with Crippen LogP contribution in [0.4, 0.5) is 0 Å². The van der Waals surface area contributed by atoms with Crippen LogP contribution in [-0.2, 0) is 22.4 Å². The van der Waals surface area contributed by atoms with Crippen molar-refractivity contribution in [1.29, 1.82) is 0 Å². The van der Waals surface area contributed by atoms with Crippen LogP contribution in [0.3, 0.4) is 0 Å². The second-order valence-electron chi connectivity index (χ2n) is 10.00. The topological polar surface area (TPSA) is 26.3 Å². The van der Waals surface area contributed by atoms with Crippen LogP contribution in [0, 0.1) is 19.3 Å². The third-order valence-electron chi connectivity index (χ3n) is 5.57. The third-order valence-corrected chi connectivity index (χ3v) is 5.57. The van der Waals surface area contributed by atoms with Crippen molar-refractivity contribution in [2.75, 3.05) is 0 Å². The molecular weight excluding hydrogens is 332 g/mol. The smallest absolute Gasteiger partial charge is 0.293 e. The molecule has 0 saturated heterocycles.